The molecule has 0 aliphatic heterocycles. The molecule has 0 aliphatic rings. The first kappa shape index (κ1) is 16.7. The summed E-state index contributed by atoms with van der Waals surface area (Å²) >= 11 is 0. The van der Waals surface area contributed by atoms with E-state index < -0.39 is 0 Å². The molecule has 0 spiro atoms. The SMILES string of the molecule is CCCN(CC(=O)N(C)C)C(CCN)c1ccccc1. The highest BCUT2D eigenvalue weighted by Crippen LogP contribution is 2.24. The van der Waals surface area contributed by atoms with Crippen LogP contribution in [-0.2, 0) is 4.79 Å². The Morgan fingerprint density at radius 1 is 1.25 bits per heavy atom. The maximum Gasteiger partial charge on any atom is 0.236 e. The predicted molar refractivity (Wildman–Crippen MR) is 83.4 cm³/mol. The molecule has 4 nitrogen and oxygen atoms in total. The number of carbonyl (C=O) groups excluding carboxylic acids is 1. The van der Waals surface area contributed by atoms with Gasteiger partial charge in [-0.1, -0.05) is 37.3 Å². The molecule has 0 saturated heterocycles. The van der Waals surface area contributed by atoms with Crippen LogP contribution < -0.4 is 5.73 Å². The first-order valence-corrected chi connectivity index (χ1v) is 7.29. The Bertz CT molecular complexity index is 392. The minimum absolute atomic E-state index is 0.136. The van der Waals surface area contributed by atoms with Crippen LogP contribution in [0.2, 0.25) is 0 Å². The Kier molecular flexibility index (Phi) is 7.26. The third kappa shape index (κ3) is 4.94. The summed E-state index contributed by atoms with van der Waals surface area (Å²) in [6.45, 7) is 4.10. The molecule has 1 rings (SSSR count). The second kappa shape index (κ2) is 8.72. The molecule has 0 saturated carbocycles. The van der Waals surface area contributed by atoms with Crippen molar-refractivity contribution >= 4 is 5.91 Å². The van der Waals surface area contributed by atoms with Gasteiger partial charge in [0.25, 0.3) is 0 Å². The summed E-state index contributed by atoms with van der Waals surface area (Å²) in [6, 6.07) is 10.5. The van der Waals surface area contributed by atoms with Crippen LogP contribution in [-0.4, -0.2) is 49.4 Å². The summed E-state index contributed by atoms with van der Waals surface area (Å²) in [5.74, 6) is 0.136. The normalized spacial score (nSPS) is 12.4. The molecule has 1 aromatic carbocycles. The van der Waals surface area contributed by atoms with Gasteiger partial charge in [-0.3, -0.25) is 9.69 Å². The van der Waals surface area contributed by atoms with Crippen molar-refractivity contribution in [2.45, 2.75) is 25.8 Å². The lowest BCUT2D eigenvalue weighted by molar-refractivity contribution is -0.130. The lowest BCUT2D eigenvalue weighted by atomic mass is 10.0. The standard InChI is InChI=1S/C16H27N3O/c1-4-12-19(13-16(20)18(2)3)15(10-11-17)14-8-6-5-7-9-14/h5-9,15H,4,10-13,17H2,1-3H3. The highest BCUT2D eigenvalue weighted by atomic mass is 16.2. The molecule has 4 heteroatoms. The lowest BCUT2D eigenvalue weighted by Gasteiger charge is -2.32. The molecular weight excluding hydrogens is 250 g/mol. The molecule has 1 unspecified atom stereocenters. The highest BCUT2D eigenvalue weighted by Gasteiger charge is 2.21. The molecule has 0 fully saturated rings. The lowest BCUT2D eigenvalue weighted by Crippen LogP contribution is -2.40. The quantitative estimate of drug-likeness (QED) is 0.789. The number of likely N-dealkylation sites (N-methyl/N-ethyl adjacent to an activating group) is 1. The number of benzene rings is 1. The van der Waals surface area contributed by atoms with E-state index in [1.807, 2.05) is 18.2 Å². The molecule has 1 amide bonds. The van der Waals surface area contributed by atoms with E-state index in [0.29, 0.717) is 13.1 Å². The van der Waals surface area contributed by atoms with Crippen LogP contribution in [0.3, 0.4) is 0 Å². The minimum atomic E-state index is 0.136. The summed E-state index contributed by atoms with van der Waals surface area (Å²) in [5, 5.41) is 0. The van der Waals surface area contributed by atoms with Gasteiger partial charge in [-0.2, -0.15) is 0 Å². The third-order valence-corrected chi connectivity index (χ3v) is 3.41. The first-order valence-electron chi connectivity index (χ1n) is 7.29. The van der Waals surface area contributed by atoms with Crippen molar-refractivity contribution in [2.75, 3.05) is 33.7 Å². The van der Waals surface area contributed by atoms with E-state index in [9.17, 15) is 4.79 Å². The van der Waals surface area contributed by atoms with Crippen molar-refractivity contribution in [2.24, 2.45) is 5.73 Å². The van der Waals surface area contributed by atoms with Gasteiger partial charge in [0, 0.05) is 20.1 Å². The summed E-state index contributed by atoms with van der Waals surface area (Å²) in [6.07, 6.45) is 1.89. The molecule has 0 aliphatic carbocycles. The van der Waals surface area contributed by atoms with E-state index in [4.69, 9.17) is 5.73 Å². The number of hydrogen-bond acceptors (Lipinski definition) is 3. The fourth-order valence-electron chi connectivity index (χ4n) is 2.34. The fourth-order valence-corrected chi connectivity index (χ4v) is 2.34. The Hall–Kier alpha value is -1.39. The monoisotopic (exact) mass is 277 g/mol. The predicted octanol–water partition coefficient (Wildman–Crippen LogP) is 1.88. The van der Waals surface area contributed by atoms with E-state index in [1.165, 1.54) is 5.56 Å². The Morgan fingerprint density at radius 3 is 2.40 bits per heavy atom. The zero-order valence-corrected chi connectivity index (χ0v) is 12.9. The van der Waals surface area contributed by atoms with Gasteiger partial charge in [0.1, 0.15) is 0 Å². The highest BCUT2D eigenvalue weighted by molar-refractivity contribution is 5.77. The van der Waals surface area contributed by atoms with Crippen LogP contribution >= 0.6 is 0 Å². The van der Waals surface area contributed by atoms with Crippen LogP contribution in [0.5, 0.6) is 0 Å². The van der Waals surface area contributed by atoms with Crippen molar-refractivity contribution in [3.05, 3.63) is 35.9 Å². The number of nitrogens with zero attached hydrogens (tertiary/aromatic N) is 2. The van der Waals surface area contributed by atoms with Crippen molar-refractivity contribution in [1.29, 1.82) is 0 Å². The molecular formula is C16H27N3O. The van der Waals surface area contributed by atoms with E-state index in [-0.39, 0.29) is 11.9 Å². The van der Waals surface area contributed by atoms with E-state index in [2.05, 4.69) is 24.0 Å². The number of nitrogens with two attached hydrogens (primary N) is 1. The van der Waals surface area contributed by atoms with Crippen molar-refractivity contribution in [1.82, 2.24) is 9.80 Å². The Morgan fingerprint density at radius 2 is 1.90 bits per heavy atom. The van der Waals surface area contributed by atoms with Crippen molar-refractivity contribution in [3.8, 4) is 0 Å². The van der Waals surface area contributed by atoms with Crippen LogP contribution in [0.1, 0.15) is 31.4 Å². The number of hydrogen-bond donors (Lipinski definition) is 1. The van der Waals surface area contributed by atoms with Crippen molar-refractivity contribution in [3.63, 3.8) is 0 Å². The molecule has 2 N–H and O–H groups in total. The topological polar surface area (TPSA) is 49.6 Å². The molecule has 0 aromatic heterocycles. The zero-order chi connectivity index (χ0) is 15.0. The van der Waals surface area contributed by atoms with E-state index in [1.54, 1.807) is 19.0 Å². The summed E-state index contributed by atoms with van der Waals surface area (Å²) < 4.78 is 0. The number of rotatable bonds is 8. The molecule has 1 aromatic rings. The third-order valence-electron chi connectivity index (χ3n) is 3.41. The van der Waals surface area contributed by atoms with Gasteiger partial charge in [0.2, 0.25) is 5.91 Å². The summed E-state index contributed by atoms with van der Waals surface area (Å²) in [4.78, 5) is 15.9. The van der Waals surface area contributed by atoms with Gasteiger partial charge in [0.05, 0.1) is 6.54 Å². The Labute approximate surface area is 122 Å². The van der Waals surface area contributed by atoms with Gasteiger partial charge in [-0.05, 0) is 31.5 Å². The summed E-state index contributed by atoms with van der Waals surface area (Å²) in [7, 11) is 3.60. The van der Waals surface area contributed by atoms with Crippen LogP contribution in [0.4, 0.5) is 0 Å². The second-order valence-corrected chi connectivity index (χ2v) is 5.26. The van der Waals surface area contributed by atoms with Crippen LogP contribution in [0.25, 0.3) is 0 Å². The summed E-state index contributed by atoms with van der Waals surface area (Å²) in [5.41, 5.74) is 7.00. The number of amides is 1. The van der Waals surface area contributed by atoms with E-state index in [0.717, 1.165) is 19.4 Å². The maximum atomic E-state index is 12.0. The molecule has 112 valence electrons. The molecule has 0 bridgehead atoms. The number of carbonyl (C=O) groups is 1. The first-order chi connectivity index (χ1) is 9.60. The average Bonchev–Trinajstić information content (AvgIpc) is 2.45. The maximum absolute atomic E-state index is 12.0. The van der Waals surface area contributed by atoms with Crippen LogP contribution in [0, 0.1) is 0 Å². The van der Waals surface area contributed by atoms with Gasteiger partial charge in [0.15, 0.2) is 0 Å². The van der Waals surface area contributed by atoms with Gasteiger partial charge >= 0.3 is 0 Å². The van der Waals surface area contributed by atoms with Gasteiger partial charge < -0.3 is 10.6 Å². The Balaban J connectivity index is 2.91. The second-order valence-electron chi connectivity index (χ2n) is 5.26. The van der Waals surface area contributed by atoms with Crippen LogP contribution in [0.15, 0.2) is 30.3 Å². The minimum Gasteiger partial charge on any atom is -0.348 e. The van der Waals surface area contributed by atoms with Gasteiger partial charge in [-0.15, -0.1) is 0 Å². The van der Waals surface area contributed by atoms with E-state index >= 15 is 0 Å². The molecule has 0 radical (unpaired) electrons. The largest absolute Gasteiger partial charge is 0.348 e. The van der Waals surface area contributed by atoms with Gasteiger partial charge in [-0.25, -0.2) is 0 Å². The van der Waals surface area contributed by atoms with Crippen molar-refractivity contribution < 1.29 is 4.79 Å². The smallest absolute Gasteiger partial charge is 0.236 e. The zero-order valence-electron chi connectivity index (χ0n) is 12.9. The fraction of sp³-hybridized carbons (Fsp3) is 0.562. The average molecular weight is 277 g/mol. The molecule has 20 heavy (non-hydrogen) atoms. The molecule has 1 atom stereocenters. The molecule has 0 heterocycles.